The molecule has 3 amide bonds. The van der Waals surface area contributed by atoms with Crippen LogP contribution in [0.4, 0.5) is 13.6 Å². The van der Waals surface area contributed by atoms with Gasteiger partial charge in [0.05, 0.1) is 19.3 Å². The zero-order chi connectivity index (χ0) is 22.5. The number of aliphatic hydroxyl groups is 1. The summed E-state index contributed by atoms with van der Waals surface area (Å²) in [6, 6.07) is 10.2. The lowest BCUT2D eigenvalue weighted by atomic mass is 10.0. The number of aliphatic hydroxyl groups excluding tert-OH is 1. The molecular weight excluding hydrogens is 406 g/mol. The summed E-state index contributed by atoms with van der Waals surface area (Å²) in [5.74, 6) is -0.951. The second-order valence-electron chi connectivity index (χ2n) is 8.05. The predicted octanol–water partition coefficient (Wildman–Crippen LogP) is 3.40. The number of hydrogen-bond donors (Lipinski definition) is 2. The van der Waals surface area contributed by atoms with E-state index in [4.69, 9.17) is 4.74 Å². The summed E-state index contributed by atoms with van der Waals surface area (Å²) in [7, 11) is 0. The largest absolute Gasteiger partial charge is 0.389 e. The summed E-state index contributed by atoms with van der Waals surface area (Å²) in [4.78, 5) is 25.6. The third-order valence-electron chi connectivity index (χ3n) is 5.01. The number of nitrogens with zero attached hydrogens (tertiary/aromatic N) is 1. The van der Waals surface area contributed by atoms with Crippen molar-refractivity contribution in [3.8, 4) is 0 Å². The molecular formula is C23H26F2N2O4. The Balaban J connectivity index is 1.67. The van der Waals surface area contributed by atoms with E-state index >= 15 is 0 Å². The van der Waals surface area contributed by atoms with Gasteiger partial charge in [0, 0.05) is 0 Å². The van der Waals surface area contributed by atoms with E-state index in [9.17, 15) is 23.5 Å². The minimum Gasteiger partial charge on any atom is -0.389 e. The second-order valence-corrected chi connectivity index (χ2v) is 8.05. The molecule has 1 aliphatic heterocycles. The number of rotatable bonds is 9. The summed E-state index contributed by atoms with van der Waals surface area (Å²) < 4.78 is 32.5. The summed E-state index contributed by atoms with van der Waals surface area (Å²) in [6.07, 6.45) is -1.30. The van der Waals surface area contributed by atoms with Crippen LogP contribution in [-0.2, 0) is 9.53 Å². The van der Waals surface area contributed by atoms with E-state index in [-0.39, 0.29) is 25.0 Å². The Kier molecular flexibility index (Phi) is 7.35. The van der Waals surface area contributed by atoms with Gasteiger partial charge in [-0.1, -0.05) is 38.1 Å². The van der Waals surface area contributed by atoms with Gasteiger partial charge in [-0.2, -0.15) is 0 Å². The Bertz CT molecular complexity index is 857. The molecule has 6 nitrogen and oxygen atoms in total. The van der Waals surface area contributed by atoms with Crippen molar-refractivity contribution in [2.45, 2.75) is 38.5 Å². The van der Waals surface area contributed by atoms with Crippen molar-refractivity contribution in [1.82, 2.24) is 10.2 Å². The highest BCUT2D eigenvalue weighted by Gasteiger charge is 2.39. The minimum atomic E-state index is -1.13. The lowest BCUT2D eigenvalue weighted by Crippen LogP contribution is -2.40. The highest BCUT2D eigenvalue weighted by atomic mass is 19.1. The van der Waals surface area contributed by atoms with Gasteiger partial charge in [-0.25, -0.2) is 13.6 Å². The van der Waals surface area contributed by atoms with Gasteiger partial charge in [0.25, 0.3) is 5.91 Å². The van der Waals surface area contributed by atoms with E-state index in [1.165, 1.54) is 24.3 Å². The normalized spacial score (nSPS) is 17.5. The topological polar surface area (TPSA) is 78.9 Å². The van der Waals surface area contributed by atoms with Gasteiger partial charge in [-0.15, -0.1) is 0 Å². The summed E-state index contributed by atoms with van der Waals surface area (Å²) in [5, 5.41) is 13.1. The van der Waals surface area contributed by atoms with Crippen molar-refractivity contribution in [3.05, 3.63) is 71.3 Å². The highest BCUT2D eigenvalue weighted by molar-refractivity contribution is 6.04. The van der Waals surface area contributed by atoms with E-state index < -0.39 is 35.9 Å². The molecule has 8 heteroatoms. The van der Waals surface area contributed by atoms with Crippen LogP contribution in [0.3, 0.4) is 0 Å². The van der Waals surface area contributed by atoms with Gasteiger partial charge in [0.1, 0.15) is 23.8 Å². The van der Waals surface area contributed by atoms with Crippen LogP contribution in [0.15, 0.2) is 48.5 Å². The molecule has 0 radical (unpaired) electrons. The number of imide groups is 1. The van der Waals surface area contributed by atoms with Crippen molar-refractivity contribution >= 4 is 11.9 Å². The maximum atomic E-state index is 13.3. The number of β-amino-alcohol motifs (C(OH)–C–C–N with tert-alkyl or cyclic N) is 1. The molecule has 166 valence electrons. The third-order valence-corrected chi connectivity index (χ3v) is 5.01. The van der Waals surface area contributed by atoms with Gasteiger partial charge < -0.3 is 15.2 Å². The molecule has 2 unspecified atom stereocenters. The molecule has 2 atom stereocenters. The molecule has 2 N–H and O–H groups in total. The van der Waals surface area contributed by atoms with Crippen LogP contribution in [0, 0.1) is 17.6 Å². The number of carbonyl (C=O) groups is 2. The first-order chi connectivity index (χ1) is 14.7. The van der Waals surface area contributed by atoms with Gasteiger partial charge in [0.15, 0.2) is 0 Å². The fourth-order valence-corrected chi connectivity index (χ4v) is 3.51. The first-order valence-corrected chi connectivity index (χ1v) is 10.2. The van der Waals surface area contributed by atoms with Crippen LogP contribution >= 0.6 is 0 Å². The van der Waals surface area contributed by atoms with Crippen molar-refractivity contribution in [1.29, 1.82) is 0 Å². The molecule has 2 aromatic rings. The molecule has 0 aromatic heterocycles. The fraction of sp³-hybridized carbons (Fsp3) is 0.391. The Hall–Kier alpha value is -2.84. The van der Waals surface area contributed by atoms with Crippen LogP contribution in [0.25, 0.3) is 0 Å². The molecule has 31 heavy (non-hydrogen) atoms. The first-order valence-electron chi connectivity index (χ1n) is 10.2. The number of urea groups is 1. The van der Waals surface area contributed by atoms with E-state index in [0.29, 0.717) is 17.5 Å². The quantitative estimate of drug-likeness (QED) is 0.596. The fourth-order valence-electron chi connectivity index (χ4n) is 3.51. The standard InChI is InChI=1S/C23H26F2N2O4/c1-14(2)11-20-22(29)27(23(30)26-20)12-19(28)13-31-21(15-3-7-17(24)8-4-15)16-5-9-18(25)10-6-16/h3-10,14,19-21,28H,11-13H2,1-2H3,(H,26,30). The molecule has 0 bridgehead atoms. The molecule has 1 saturated heterocycles. The van der Waals surface area contributed by atoms with E-state index in [1.807, 2.05) is 13.8 Å². The molecule has 3 rings (SSSR count). The smallest absolute Gasteiger partial charge is 0.324 e. The predicted molar refractivity (Wildman–Crippen MR) is 110 cm³/mol. The monoisotopic (exact) mass is 432 g/mol. The van der Waals surface area contributed by atoms with Gasteiger partial charge in [-0.05, 0) is 47.7 Å². The average Bonchev–Trinajstić information content (AvgIpc) is 2.97. The highest BCUT2D eigenvalue weighted by Crippen LogP contribution is 2.27. The van der Waals surface area contributed by atoms with E-state index in [0.717, 1.165) is 4.90 Å². The molecule has 0 spiro atoms. The molecule has 1 heterocycles. The van der Waals surface area contributed by atoms with Crippen molar-refractivity contribution in [2.75, 3.05) is 13.2 Å². The summed E-state index contributed by atoms with van der Waals surface area (Å²) >= 11 is 0. The molecule has 0 saturated carbocycles. The zero-order valence-electron chi connectivity index (χ0n) is 17.4. The summed E-state index contributed by atoms with van der Waals surface area (Å²) in [6.45, 7) is 3.51. The molecule has 2 aromatic carbocycles. The van der Waals surface area contributed by atoms with Gasteiger partial charge in [0.2, 0.25) is 0 Å². The van der Waals surface area contributed by atoms with Gasteiger partial charge in [-0.3, -0.25) is 9.69 Å². The van der Waals surface area contributed by atoms with Crippen LogP contribution in [-0.4, -0.2) is 47.2 Å². The number of halogens is 2. The minimum absolute atomic E-state index is 0.189. The van der Waals surface area contributed by atoms with Crippen LogP contribution in [0.2, 0.25) is 0 Å². The summed E-state index contributed by atoms with van der Waals surface area (Å²) in [5.41, 5.74) is 1.24. The number of hydrogen-bond acceptors (Lipinski definition) is 4. The molecule has 1 aliphatic rings. The van der Waals surface area contributed by atoms with Crippen LogP contribution < -0.4 is 5.32 Å². The first kappa shape index (κ1) is 22.8. The Morgan fingerprint density at radius 3 is 2.00 bits per heavy atom. The number of benzene rings is 2. The van der Waals surface area contributed by atoms with E-state index in [1.54, 1.807) is 24.3 Å². The zero-order valence-corrected chi connectivity index (χ0v) is 17.4. The Labute approximate surface area is 179 Å². The maximum absolute atomic E-state index is 13.3. The Morgan fingerprint density at radius 1 is 1.00 bits per heavy atom. The number of ether oxygens (including phenoxy) is 1. The number of carbonyl (C=O) groups excluding carboxylic acids is 2. The van der Waals surface area contributed by atoms with E-state index in [2.05, 4.69) is 5.32 Å². The lowest BCUT2D eigenvalue weighted by molar-refractivity contribution is -0.129. The molecule has 0 aliphatic carbocycles. The van der Waals surface area contributed by atoms with Crippen molar-refractivity contribution in [2.24, 2.45) is 5.92 Å². The van der Waals surface area contributed by atoms with Crippen LogP contribution in [0.1, 0.15) is 37.5 Å². The third kappa shape index (κ3) is 5.86. The number of nitrogens with one attached hydrogen (secondary N) is 1. The maximum Gasteiger partial charge on any atom is 0.324 e. The van der Waals surface area contributed by atoms with Crippen molar-refractivity contribution < 1.29 is 28.2 Å². The molecule has 1 fully saturated rings. The van der Waals surface area contributed by atoms with Crippen LogP contribution in [0.5, 0.6) is 0 Å². The van der Waals surface area contributed by atoms with Gasteiger partial charge >= 0.3 is 6.03 Å². The lowest BCUT2D eigenvalue weighted by Gasteiger charge is -2.23. The second kappa shape index (κ2) is 9.98. The van der Waals surface area contributed by atoms with Crippen molar-refractivity contribution in [3.63, 3.8) is 0 Å². The SMILES string of the molecule is CC(C)CC1NC(=O)N(CC(O)COC(c2ccc(F)cc2)c2ccc(F)cc2)C1=O. The number of amides is 3. The Morgan fingerprint density at radius 2 is 1.52 bits per heavy atom. The average molecular weight is 432 g/mol.